The first-order valence-electron chi connectivity index (χ1n) is 5.05. The summed E-state index contributed by atoms with van der Waals surface area (Å²) in [4.78, 5) is 11.5. The zero-order chi connectivity index (χ0) is 11.4. The summed E-state index contributed by atoms with van der Waals surface area (Å²) in [5, 5.41) is 2.90. The van der Waals surface area contributed by atoms with Gasteiger partial charge in [-0.1, -0.05) is 19.9 Å². The van der Waals surface area contributed by atoms with Gasteiger partial charge in [0.1, 0.15) is 0 Å². The first kappa shape index (κ1) is 12.5. The maximum Gasteiger partial charge on any atom is 0.224 e. The normalized spacial score (nSPS) is 10.5. The van der Waals surface area contributed by atoms with Gasteiger partial charge in [0, 0.05) is 15.7 Å². The van der Waals surface area contributed by atoms with Crippen molar-refractivity contribution in [1.82, 2.24) is 0 Å². The Balaban J connectivity index is 2.65. The first-order chi connectivity index (χ1) is 6.99. The van der Waals surface area contributed by atoms with Gasteiger partial charge in [0.25, 0.3) is 0 Å². The van der Waals surface area contributed by atoms with Crippen molar-refractivity contribution in [2.75, 3.05) is 5.32 Å². The molecule has 0 bridgehead atoms. The number of anilines is 1. The summed E-state index contributed by atoms with van der Waals surface area (Å²) in [5.74, 6) is 0.485. The van der Waals surface area contributed by atoms with E-state index >= 15 is 0 Å². The van der Waals surface area contributed by atoms with Crippen LogP contribution in [0, 0.1) is 16.4 Å². The number of nitrogens with one attached hydrogen (secondary N) is 1. The van der Waals surface area contributed by atoms with E-state index in [0.717, 1.165) is 5.69 Å². The zero-order valence-corrected chi connectivity index (χ0v) is 11.5. The lowest BCUT2D eigenvalue weighted by atomic mass is 10.1. The molecule has 1 amide bonds. The minimum absolute atomic E-state index is 0.0876. The lowest BCUT2D eigenvalue weighted by molar-refractivity contribution is -0.116. The fourth-order valence-corrected chi connectivity index (χ4v) is 1.77. The summed E-state index contributed by atoms with van der Waals surface area (Å²) in [6, 6.07) is 5.95. The Kier molecular flexibility index (Phi) is 4.57. The number of amides is 1. The van der Waals surface area contributed by atoms with Crippen molar-refractivity contribution in [3.05, 3.63) is 27.3 Å². The van der Waals surface area contributed by atoms with Crippen molar-refractivity contribution in [1.29, 1.82) is 0 Å². The van der Waals surface area contributed by atoms with Crippen LogP contribution in [0.25, 0.3) is 0 Å². The maximum absolute atomic E-state index is 11.5. The van der Waals surface area contributed by atoms with Gasteiger partial charge in [0.15, 0.2) is 0 Å². The van der Waals surface area contributed by atoms with Gasteiger partial charge >= 0.3 is 0 Å². The average Bonchev–Trinajstić information content (AvgIpc) is 2.10. The highest BCUT2D eigenvalue weighted by atomic mass is 127. The lowest BCUT2D eigenvalue weighted by Gasteiger charge is -2.08. The largest absolute Gasteiger partial charge is 0.326 e. The molecule has 0 aliphatic heterocycles. The molecule has 82 valence electrons. The highest BCUT2D eigenvalue weighted by Gasteiger charge is 2.05. The molecule has 1 aromatic rings. The van der Waals surface area contributed by atoms with Crippen LogP contribution in [0.15, 0.2) is 18.2 Å². The molecule has 0 saturated heterocycles. The third-order valence-corrected chi connectivity index (χ3v) is 3.21. The Bertz CT molecular complexity index is 361. The fourth-order valence-electron chi connectivity index (χ4n) is 1.25. The van der Waals surface area contributed by atoms with Gasteiger partial charge in [-0.3, -0.25) is 4.79 Å². The molecule has 3 heteroatoms. The number of carbonyl (C=O) groups is 1. The predicted molar refractivity (Wildman–Crippen MR) is 72.0 cm³/mol. The van der Waals surface area contributed by atoms with E-state index in [-0.39, 0.29) is 5.91 Å². The number of rotatable bonds is 3. The molecule has 0 atom stereocenters. The molecule has 1 aromatic carbocycles. The maximum atomic E-state index is 11.5. The standard InChI is InChI=1S/C12H16INO/c1-8(2)6-12(15)14-10-5-4-9(3)11(13)7-10/h4-5,7-8H,6H2,1-3H3,(H,14,15). The van der Waals surface area contributed by atoms with E-state index in [1.165, 1.54) is 9.13 Å². The quantitative estimate of drug-likeness (QED) is 0.848. The summed E-state index contributed by atoms with van der Waals surface area (Å²) < 4.78 is 1.18. The molecule has 1 N–H and O–H groups in total. The van der Waals surface area contributed by atoms with Crippen LogP contribution in [0.4, 0.5) is 5.69 Å². The number of aryl methyl sites for hydroxylation is 1. The highest BCUT2D eigenvalue weighted by Crippen LogP contribution is 2.17. The number of carbonyl (C=O) groups excluding carboxylic acids is 1. The van der Waals surface area contributed by atoms with Gasteiger partial charge in [0.2, 0.25) is 5.91 Å². The van der Waals surface area contributed by atoms with E-state index in [9.17, 15) is 4.79 Å². The molecule has 0 radical (unpaired) electrons. The van der Waals surface area contributed by atoms with Crippen LogP contribution in [0.2, 0.25) is 0 Å². The van der Waals surface area contributed by atoms with Crippen LogP contribution in [-0.4, -0.2) is 5.91 Å². The Morgan fingerprint density at radius 2 is 2.13 bits per heavy atom. The molecular weight excluding hydrogens is 301 g/mol. The molecular formula is C12H16INO. The second-order valence-electron chi connectivity index (χ2n) is 4.11. The van der Waals surface area contributed by atoms with Crippen molar-refractivity contribution >= 4 is 34.2 Å². The fraction of sp³-hybridized carbons (Fsp3) is 0.417. The number of benzene rings is 1. The Labute approximate surface area is 105 Å². The molecule has 0 unspecified atom stereocenters. The van der Waals surface area contributed by atoms with E-state index in [0.29, 0.717) is 12.3 Å². The Hall–Kier alpha value is -0.580. The van der Waals surface area contributed by atoms with Crippen molar-refractivity contribution in [3.63, 3.8) is 0 Å². The summed E-state index contributed by atoms with van der Waals surface area (Å²) >= 11 is 2.27. The van der Waals surface area contributed by atoms with Crippen molar-refractivity contribution in [2.24, 2.45) is 5.92 Å². The predicted octanol–water partition coefficient (Wildman–Crippen LogP) is 3.58. The summed E-state index contributed by atoms with van der Waals surface area (Å²) in [5.41, 5.74) is 2.12. The van der Waals surface area contributed by atoms with Crippen molar-refractivity contribution in [2.45, 2.75) is 27.2 Å². The van der Waals surface area contributed by atoms with E-state index in [4.69, 9.17) is 0 Å². The van der Waals surface area contributed by atoms with Gasteiger partial charge in [-0.2, -0.15) is 0 Å². The molecule has 1 rings (SSSR count). The van der Waals surface area contributed by atoms with Gasteiger partial charge in [-0.05, 0) is 53.1 Å². The molecule has 0 saturated carbocycles. The minimum Gasteiger partial charge on any atom is -0.326 e. The van der Waals surface area contributed by atoms with E-state index in [1.54, 1.807) is 0 Å². The summed E-state index contributed by atoms with van der Waals surface area (Å²) in [6.45, 7) is 6.14. The lowest BCUT2D eigenvalue weighted by Crippen LogP contribution is -2.13. The molecule has 0 spiro atoms. The smallest absolute Gasteiger partial charge is 0.224 e. The minimum atomic E-state index is 0.0876. The molecule has 0 fully saturated rings. The second-order valence-corrected chi connectivity index (χ2v) is 5.27. The van der Waals surface area contributed by atoms with Crippen LogP contribution in [0.3, 0.4) is 0 Å². The van der Waals surface area contributed by atoms with Gasteiger partial charge in [-0.25, -0.2) is 0 Å². The Morgan fingerprint density at radius 1 is 1.47 bits per heavy atom. The molecule has 0 aliphatic carbocycles. The van der Waals surface area contributed by atoms with E-state index in [2.05, 4.69) is 34.8 Å². The van der Waals surface area contributed by atoms with Crippen LogP contribution >= 0.6 is 22.6 Å². The second kappa shape index (κ2) is 5.49. The average molecular weight is 317 g/mol. The third kappa shape index (κ3) is 4.20. The summed E-state index contributed by atoms with van der Waals surface area (Å²) in [7, 11) is 0. The molecule has 0 aliphatic rings. The van der Waals surface area contributed by atoms with Gasteiger partial charge in [0.05, 0.1) is 0 Å². The number of hydrogen-bond acceptors (Lipinski definition) is 1. The van der Waals surface area contributed by atoms with Gasteiger partial charge in [-0.15, -0.1) is 0 Å². The summed E-state index contributed by atoms with van der Waals surface area (Å²) in [6.07, 6.45) is 0.574. The third-order valence-electron chi connectivity index (χ3n) is 2.05. The molecule has 0 heterocycles. The topological polar surface area (TPSA) is 29.1 Å². The van der Waals surface area contributed by atoms with Crippen molar-refractivity contribution < 1.29 is 4.79 Å². The SMILES string of the molecule is Cc1ccc(NC(=O)CC(C)C)cc1I. The van der Waals surface area contributed by atoms with Gasteiger partial charge < -0.3 is 5.32 Å². The van der Waals surface area contributed by atoms with Crippen LogP contribution in [-0.2, 0) is 4.79 Å². The molecule has 15 heavy (non-hydrogen) atoms. The molecule has 0 aromatic heterocycles. The monoisotopic (exact) mass is 317 g/mol. The number of halogens is 1. The van der Waals surface area contributed by atoms with Crippen LogP contribution in [0.1, 0.15) is 25.8 Å². The van der Waals surface area contributed by atoms with Crippen molar-refractivity contribution in [3.8, 4) is 0 Å². The van der Waals surface area contributed by atoms with E-state index < -0.39 is 0 Å². The highest BCUT2D eigenvalue weighted by molar-refractivity contribution is 14.1. The van der Waals surface area contributed by atoms with E-state index in [1.807, 2.05) is 32.0 Å². The van der Waals surface area contributed by atoms with Crippen LogP contribution < -0.4 is 5.32 Å². The van der Waals surface area contributed by atoms with Crippen LogP contribution in [0.5, 0.6) is 0 Å². The Morgan fingerprint density at radius 3 is 2.67 bits per heavy atom. The number of hydrogen-bond donors (Lipinski definition) is 1. The molecule has 2 nitrogen and oxygen atoms in total. The first-order valence-corrected chi connectivity index (χ1v) is 6.13. The zero-order valence-electron chi connectivity index (χ0n) is 9.30.